The van der Waals surface area contributed by atoms with Crippen LogP contribution in [0.2, 0.25) is 0 Å². The van der Waals surface area contributed by atoms with Gasteiger partial charge in [0.15, 0.2) is 5.13 Å². The molecule has 1 aliphatic rings. The third-order valence-electron chi connectivity index (χ3n) is 3.32. The highest BCUT2D eigenvalue weighted by Gasteiger charge is 2.31. The van der Waals surface area contributed by atoms with Crippen molar-refractivity contribution in [3.8, 4) is 0 Å². The van der Waals surface area contributed by atoms with Crippen LogP contribution in [0, 0.1) is 13.8 Å². The van der Waals surface area contributed by atoms with Crippen molar-refractivity contribution in [1.82, 2.24) is 4.98 Å². The van der Waals surface area contributed by atoms with E-state index in [-0.39, 0.29) is 12.0 Å². The monoisotopic (exact) mass is 268 g/mol. The van der Waals surface area contributed by atoms with E-state index >= 15 is 0 Å². The van der Waals surface area contributed by atoms with Crippen molar-refractivity contribution in [1.29, 1.82) is 0 Å². The van der Waals surface area contributed by atoms with Crippen LogP contribution in [0.5, 0.6) is 0 Å². The fourth-order valence-electron chi connectivity index (χ4n) is 2.22. The molecule has 1 unspecified atom stereocenters. The third kappa shape index (κ3) is 2.66. The number of aryl methyl sites for hydroxylation is 2. The van der Waals surface area contributed by atoms with Crippen molar-refractivity contribution in [2.24, 2.45) is 0 Å². The number of hydrogen-bond acceptors (Lipinski definition) is 5. The summed E-state index contributed by atoms with van der Waals surface area (Å²) in [6.45, 7) is 7.27. The Balaban J connectivity index is 2.19. The molecule has 0 aromatic carbocycles. The Morgan fingerprint density at radius 3 is 2.89 bits per heavy atom. The lowest BCUT2D eigenvalue weighted by Gasteiger charge is -2.33. The molecule has 1 aromatic rings. The Morgan fingerprint density at radius 2 is 2.28 bits per heavy atom. The summed E-state index contributed by atoms with van der Waals surface area (Å²) in [7, 11) is 0. The molecule has 0 spiro atoms. The second kappa shape index (κ2) is 5.69. The first-order valence-electron chi connectivity index (χ1n) is 6.50. The van der Waals surface area contributed by atoms with Crippen molar-refractivity contribution in [2.75, 3.05) is 18.1 Å². The lowest BCUT2D eigenvalue weighted by Crippen LogP contribution is -2.45. The molecule has 1 fully saturated rings. The van der Waals surface area contributed by atoms with Gasteiger partial charge in [0, 0.05) is 11.4 Å². The van der Waals surface area contributed by atoms with Crippen LogP contribution in [-0.4, -0.2) is 30.1 Å². The van der Waals surface area contributed by atoms with Gasteiger partial charge >= 0.3 is 5.97 Å². The Kier molecular flexibility index (Phi) is 4.22. The molecule has 1 saturated heterocycles. The van der Waals surface area contributed by atoms with Crippen molar-refractivity contribution < 1.29 is 9.53 Å². The molecule has 2 rings (SSSR count). The number of hydrogen-bond donors (Lipinski definition) is 0. The fraction of sp³-hybridized carbons (Fsp3) is 0.692. The van der Waals surface area contributed by atoms with Gasteiger partial charge in [-0.1, -0.05) is 0 Å². The number of esters is 1. The predicted octanol–water partition coefficient (Wildman–Crippen LogP) is 2.68. The van der Waals surface area contributed by atoms with Crippen LogP contribution in [0.15, 0.2) is 0 Å². The smallest absolute Gasteiger partial charge is 0.328 e. The number of nitrogens with zero attached hydrogens (tertiary/aromatic N) is 2. The number of piperidine rings is 1. The maximum atomic E-state index is 12.0. The number of thiazole rings is 1. The first-order valence-corrected chi connectivity index (χ1v) is 7.32. The molecule has 18 heavy (non-hydrogen) atoms. The predicted molar refractivity (Wildman–Crippen MR) is 73.2 cm³/mol. The minimum atomic E-state index is -0.149. The van der Waals surface area contributed by atoms with E-state index in [1.54, 1.807) is 11.3 Å². The Labute approximate surface area is 112 Å². The van der Waals surface area contributed by atoms with Crippen LogP contribution < -0.4 is 4.90 Å². The second-order valence-corrected chi connectivity index (χ2v) is 5.78. The van der Waals surface area contributed by atoms with Gasteiger partial charge in [-0.15, -0.1) is 11.3 Å². The summed E-state index contributed by atoms with van der Waals surface area (Å²) >= 11 is 1.67. The molecule has 100 valence electrons. The van der Waals surface area contributed by atoms with Crippen molar-refractivity contribution >= 4 is 22.4 Å². The minimum Gasteiger partial charge on any atom is -0.464 e. The van der Waals surface area contributed by atoms with E-state index < -0.39 is 0 Å². The zero-order valence-corrected chi connectivity index (χ0v) is 12.0. The van der Waals surface area contributed by atoms with Crippen LogP contribution in [0.4, 0.5) is 5.13 Å². The summed E-state index contributed by atoms with van der Waals surface area (Å²) < 4.78 is 5.17. The Bertz CT molecular complexity index is 411. The van der Waals surface area contributed by atoms with Gasteiger partial charge in [-0.05, 0) is 40.0 Å². The zero-order valence-electron chi connectivity index (χ0n) is 11.2. The fourth-order valence-corrected chi connectivity index (χ4v) is 3.21. The standard InChI is InChI=1S/C13H20N2O2S/c1-4-17-12(16)11-7-5-6-8-15(11)13-14-9(2)10(3)18-13/h11H,4-8H2,1-3H3. The quantitative estimate of drug-likeness (QED) is 0.790. The highest BCUT2D eigenvalue weighted by Crippen LogP contribution is 2.30. The molecular weight excluding hydrogens is 248 g/mol. The van der Waals surface area contributed by atoms with Crippen LogP contribution >= 0.6 is 11.3 Å². The van der Waals surface area contributed by atoms with Gasteiger partial charge in [0.1, 0.15) is 6.04 Å². The summed E-state index contributed by atoms with van der Waals surface area (Å²) in [6.07, 6.45) is 3.08. The zero-order chi connectivity index (χ0) is 13.1. The number of ether oxygens (including phenoxy) is 1. The van der Waals surface area contributed by atoms with E-state index in [2.05, 4.69) is 16.8 Å². The molecule has 1 aliphatic heterocycles. The maximum absolute atomic E-state index is 12.0. The maximum Gasteiger partial charge on any atom is 0.328 e. The minimum absolute atomic E-state index is 0.109. The van der Waals surface area contributed by atoms with Gasteiger partial charge < -0.3 is 9.64 Å². The summed E-state index contributed by atoms with van der Waals surface area (Å²) in [5.41, 5.74) is 1.06. The van der Waals surface area contributed by atoms with Crippen LogP contribution in [-0.2, 0) is 9.53 Å². The van der Waals surface area contributed by atoms with Crippen molar-refractivity contribution in [3.63, 3.8) is 0 Å². The molecule has 4 nitrogen and oxygen atoms in total. The molecule has 0 radical (unpaired) electrons. The topological polar surface area (TPSA) is 42.4 Å². The molecule has 2 heterocycles. The highest BCUT2D eigenvalue weighted by atomic mass is 32.1. The molecule has 1 aromatic heterocycles. The van der Waals surface area contributed by atoms with E-state index in [1.165, 1.54) is 4.88 Å². The first kappa shape index (κ1) is 13.3. The van der Waals surface area contributed by atoms with Gasteiger partial charge in [0.25, 0.3) is 0 Å². The van der Waals surface area contributed by atoms with Crippen LogP contribution in [0.3, 0.4) is 0 Å². The normalized spacial score (nSPS) is 19.9. The third-order valence-corrected chi connectivity index (χ3v) is 4.43. The average Bonchev–Trinajstić information content (AvgIpc) is 2.70. The van der Waals surface area contributed by atoms with Crippen LogP contribution in [0.25, 0.3) is 0 Å². The van der Waals surface area contributed by atoms with Gasteiger partial charge in [-0.2, -0.15) is 0 Å². The molecular formula is C13H20N2O2S. The largest absolute Gasteiger partial charge is 0.464 e. The number of aromatic nitrogens is 1. The average molecular weight is 268 g/mol. The van der Waals surface area contributed by atoms with E-state index in [9.17, 15) is 4.79 Å². The van der Waals surface area contributed by atoms with Gasteiger partial charge in [-0.25, -0.2) is 9.78 Å². The molecule has 0 N–H and O–H groups in total. The van der Waals surface area contributed by atoms with Crippen molar-refractivity contribution in [3.05, 3.63) is 10.6 Å². The lowest BCUT2D eigenvalue weighted by atomic mass is 10.0. The van der Waals surface area contributed by atoms with Crippen LogP contribution in [0.1, 0.15) is 36.8 Å². The first-order chi connectivity index (χ1) is 8.63. The SMILES string of the molecule is CCOC(=O)C1CCCCN1c1nc(C)c(C)s1. The molecule has 0 bridgehead atoms. The van der Waals surface area contributed by atoms with Gasteiger partial charge in [0.2, 0.25) is 0 Å². The van der Waals surface area contributed by atoms with Gasteiger partial charge in [0.05, 0.1) is 12.3 Å². The molecule has 5 heteroatoms. The summed E-state index contributed by atoms with van der Waals surface area (Å²) in [5.74, 6) is -0.109. The Hall–Kier alpha value is -1.10. The molecule has 0 amide bonds. The van der Waals surface area contributed by atoms with E-state index in [0.717, 1.165) is 36.6 Å². The molecule has 0 aliphatic carbocycles. The Morgan fingerprint density at radius 1 is 1.50 bits per heavy atom. The molecule has 0 saturated carbocycles. The van der Waals surface area contributed by atoms with E-state index in [4.69, 9.17) is 4.74 Å². The number of rotatable bonds is 3. The second-order valence-electron chi connectivity index (χ2n) is 4.60. The van der Waals surface area contributed by atoms with Crippen molar-refractivity contribution in [2.45, 2.75) is 46.1 Å². The number of carbonyl (C=O) groups is 1. The number of carbonyl (C=O) groups excluding carboxylic acids is 1. The van der Waals surface area contributed by atoms with E-state index in [0.29, 0.717) is 6.61 Å². The molecule has 1 atom stereocenters. The summed E-state index contributed by atoms with van der Waals surface area (Å²) in [4.78, 5) is 19.9. The van der Waals surface area contributed by atoms with E-state index in [1.807, 2.05) is 13.8 Å². The highest BCUT2D eigenvalue weighted by molar-refractivity contribution is 7.15. The number of anilines is 1. The summed E-state index contributed by atoms with van der Waals surface area (Å²) in [6, 6.07) is -0.149. The summed E-state index contributed by atoms with van der Waals surface area (Å²) in [5, 5.41) is 0.961. The van der Waals surface area contributed by atoms with Gasteiger partial charge in [-0.3, -0.25) is 0 Å². The lowest BCUT2D eigenvalue weighted by molar-refractivity contribution is -0.145.